The van der Waals surface area contributed by atoms with Crippen molar-refractivity contribution >= 4 is 5.97 Å². The van der Waals surface area contributed by atoms with Crippen LogP contribution in [-0.2, 0) is 10.9 Å². The number of hydrogen-bond donors (Lipinski definition) is 0. The molecule has 0 N–H and O–H groups in total. The van der Waals surface area contributed by atoms with E-state index < -0.39 is 29.1 Å². The van der Waals surface area contributed by atoms with Gasteiger partial charge in [0.15, 0.2) is 0 Å². The van der Waals surface area contributed by atoms with Gasteiger partial charge in [0.1, 0.15) is 5.82 Å². The topological polar surface area (TPSA) is 26.3 Å². The Bertz CT molecular complexity index is 614. The van der Waals surface area contributed by atoms with Crippen molar-refractivity contribution in [2.45, 2.75) is 109 Å². The van der Waals surface area contributed by atoms with Gasteiger partial charge >= 0.3 is 12.1 Å². The van der Waals surface area contributed by atoms with E-state index in [1.807, 2.05) is 0 Å². The highest BCUT2D eigenvalue weighted by Gasteiger charge is 2.32. The zero-order valence-corrected chi connectivity index (χ0v) is 18.9. The molecule has 0 aliphatic rings. The fraction of sp³-hybridized carbons (Fsp3) is 0.720. The molecule has 1 aromatic carbocycles. The van der Waals surface area contributed by atoms with Gasteiger partial charge in [-0.2, -0.15) is 13.2 Å². The second kappa shape index (κ2) is 16.1. The van der Waals surface area contributed by atoms with E-state index in [0.717, 1.165) is 25.3 Å². The van der Waals surface area contributed by atoms with Crippen LogP contribution in [0.2, 0.25) is 0 Å². The minimum absolute atomic E-state index is 0.134. The lowest BCUT2D eigenvalue weighted by Gasteiger charge is -2.09. The highest BCUT2D eigenvalue weighted by atomic mass is 19.4. The predicted octanol–water partition coefficient (Wildman–Crippen LogP) is 8.87. The lowest BCUT2D eigenvalue weighted by molar-refractivity contribution is -0.137. The fourth-order valence-electron chi connectivity index (χ4n) is 3.59. The average Bonchev–Trinajstić information content (AvgIpc) is 2.72. The summed E-state index contributed by atoms with van der Waals surface area (Å²) in [5, 5.41) is 0. The van der Waals surface area contributed by atoms with Crippen molar-refractivity contribution in [1.29, 1.82) is 0 Å². The SMILES string of the molecule is CCCCCCCCCCCCCCCCCOC(=O)c1cc(F)cc(C(F)(F)F)c1. The Morgan fingerprint density at radius 1 is 0.742 bits per heavy atom. The van der Waals surface area contributed by atoms with Gasteiger partial charge in [0.2, 0.25) is 0 Å². The van der Waals surface area contributed by atoms with E-state index in [9.17, 15) is 22.4 Å². The van der Waals surface area contributed by atoms with Gasteiger partial charge in [-0.3, -0.25) is 0 Å². The number of carbonyl (C=O) groups is 1. The quantitative estimate of drug-likeness (QED) is 0.136. The van der Waals surface area contributed by atoms with E-state index in [2.05, 4.69) is 6.92 Å². The van der Waals surface area contributed by atoms with Crippen LogP contribution in [0, 0.1) is 5.82 Å². The Morgan fingerprint density at radius 2 is 1.19 bits per heavy atom. The Morgan fingerprint density at radius 3 is 1.65 bits per heavy atom. The van der Waals surface area contributed by atoms with Crippen molar-refractivity contribution in [3.05, 3.63) is 35.1 Å². The number of alkyl halides is 3. The highest BCUT2D eigenvalue weighted by Crippen LogP contribution is 2.30. The minimum atomic E-state index is -4.70. The standard InChI is InChI=1S/C25H38F4O2/c1-2-3-4-5-6-7-8-9-10-11-12-13-14-15-16-17-31-24(30)21-18-22(25(27,28)29)20-23(26)19-21/h18-20H,2-17H2,1H3. The molecular formula is C25H38F4O2. The van der Waals surface area contributed by atoms with Gasteiger partial charge in [-0.25, -0.2) is 9.18 Å². The van der Waals surface area contributed by atoms with E-state index in [1.165, 1.54) is 70.6 Å². The number of benzene rings is 1. The van der Waals surface area contributed by atoms with E-state index in [-0.39, 0.29) is 6.61 Å². The molecule has 0 radical (unpaired) electrons. The maximum atomic E-state index is 13.3. The summed E-state index contributed by atoms with van der Waals surface area (Å²) in [6.45, 7) is 2.37. The van der Waals surface area contributed by atoms with Crippen LogP contribution >= 0.6 is 0 Å². The molecule has 0 aliphatic heterocycles. The molecule has 0 amide bonds. The maximum Gasteiger partial charge on any atom is 0.416 e. The molecule has 2 nitrogen and oxygen atoms in total. The van der Waals surface area contributed by atoms with Crippen LogP contribution in [0.4, 0.5) is 17.6 Å². The average molecular weight is 447 g/mol. The summed E-state index contributed by atoms with van der Waals surface area (Å²) < 4.78 is 56.4. The summed E-state index contributed by atoms with van der Waals surface area (Å²) in [5.74, 6) is -2.02. The van der Waals surface area contributed by atoms with E-state index >= 15 is 0 Å². The van der Waals surface area contributed by atoms with Crippen molar-refractivity contribution < 1.29 is 27.1 Å². The van der Waals surface area contributed by atoms with Crippen LogP contribution in [0.15, 0.2) is 18.2 Å². The zero-order valence-electron chi connectivity index (χ0n) is 18.9. The third-order valence-electron chi connectivity index (χ3n) is 5.44. The number of halogens is 4. The normalized spacial score (nSPS) is 11.6. The number of rotatable bonds is 17. The van der Waals surface area contributed by atoms with E-state index in [0.29, 0.717) is 18.6 Å². The molecule has 0 aromatic heterocycles. The van der Waals surface area contributed by atoms with Gasteiger partial charge < -0.3 is 4.74 Å². The molecule has 0 saturated carbocycles. The summed E-state index contributed by atoms with van der Waals surface area (Å²) in [6.07, 6.45) is 13.6. The monoisotopic (exact) mass is 446 g/mol. The smallest absolute Gasteiger partial charge is 0.416 e. The lowest BCUT2D eigenvalue weighted by Crippen LogP contribution is -2.11. The van der Waals surface area contributed by atoms with Crippen molar-refractivity contribution in [2.24, 2.45) is 0 Å². The number of esters is 1. The maximum absolute atomic E-state index is 13.3. The molecule has 31 heavy (non-hydrogen) atoms. The molecule has 6 heteroatoms. The van der Waals surface area contributed by atoms with E-state index in [1.54, 1.807) is 0 Å². The summed E-state index contributed by atoms with van der Waals surface area (Å²) in [4.78, 5) is 11.9. The van der Waals surface area contributed by atoms with Gasteiger partial charge in [0, 0.05) is 0 Å². The van der Waals surface area contributed by atoms with Crippen molar-refractivity contribution in [1.82, 2.24) is 0 Å². The molecule has 0 saturated heterocycles. The van der Waals surface area contributed by atoms with Gasteiger partial charge in [-0.1, -0.05) is 96.8 Å². The number of carbonyl (C=O) groups excluding carboxylic acids is 1. The van der Waals surface area contributed by atoms with Gasteiger partial charge in [-0.05, 0) is 24.6 Å². The fourth-order valence-corrected chi connectivity index (χ4v) is 3.59. The molecule has 0 heterocycles. The molecule has 178 valence electrons. The molecular weight excluding hydrogens is 408 g/mol. The van der Waals surface area contributed by atoms with Crippen LogP contribution in [0.5, 0.6) is 0 Å². The summed E-state index contributed by atoms with van der Waals surface area (Å²) in [7, 11) is 0. The molecule has 0 spiro atoms. The van der Waals surface area contributed by atoms with E-state index in [4.69, 9.17) is 4.74 Å². The molecule has 0 fully saturated rings. The Balaban J connectivity index is 2.00. The highest BCUT2D eigenvalue weighted by molar-refractivity contribution is 5.89. The minimum Gasteiger partial charge on any atom is -0.462 e. The van der Waals surface area contributed by atoms with Gasteiger partial charge in [-0.15, -0.1) is 0 Å². The Kier molecular flexibility index (Phi) is 14.3. The zero-order chi connectivity index (χ0) is 23.0. The predicted molar refractivity (Wildman–Crippen MR) is 117 cm³/mol. The van der Waals surface area contributed by atoms with Crippen LogP contribution in [-0.4, -0.2) is 12.6 Å². The second-order valence-electron chi connectivity index (χ2n) is 8.31. The first-order chi connectivity index (χ1) is 14.8. The van der Waals surface area contributed by atoms with Crippen LogP contribution in [0.3, 0.4) is 0 Å². The first kappa shape index (κ1) is 27.4. The summed E-state index contributed by atoms with van der Waals surface area (Å²) in [6, 6.07) is 1.76. The number of unbranched alkanes of at least 4 members (excludes halogenated alkanes) is 14. The van der Waals surface area contributed by atoms with Crippen LogP contribution in [0.1, 0.15) is 119 Å². The molecule has 0 aliphatic carbocycles. The Labute approximate surface area is 184 Å². The number of ether oxygens (including phenoxy) is 1. The first-order valence-electron chi connectivity index (χ1n) is 11.9. The largest absolute Gasteiger partial charge is 0.462 e. The lowest BCUT2D eigenvalue weighted by atomic mass is 10.0. The van der Waals surface area contributed by atoms with Crippen LogP contribution < -0.4 is 0 Å². The number of hydrogen-bond acceptors (Lipinski definition) is 2. The van der Waals surface area contributed by atoms with Crippen molar-refractivity contribution in [3.63, 3.8) is 0 Å². The van der Waals surface area contributed by atoms with Gasteiger partial charge in [0.25, 0.3) is 0 Å². The van der Waals surface area contributed by atoms with Crippen LogP contribution in [0.25, 0.3) is 0 Å². The third kappa shape index (κ3) is 13.4. The molecule has 0 unspecified atom stereocenters. The molecule has 0 atom stereocenters. The summed E-state index contributed by atoms with van der Waals surface area (Å²) in [5.41, 5.74) is -1.60. The second-order valence-corrected chi connectivity index (χ2v) is 8.31. The van der Waals surface area contributed by atoms with Gasteiger partial charge in [0.05, 0.1) is 17.7 Å². The third-order valence-corrected chi connectivity index (χ3v) is 5.44. The van der Waals surface area contributed by atoms with Crippen molar-refractivity contribution in [2.75, 3.05) is 6.61 Å². The Hall–Kier alpha value is -1.59. The van der Waals surface area contributed by atoms with Crippen molar-refractivity contribution in [3.8, 4) is 0 Å². The molecule has 1 rings (SSSR count). The molecule has 0 bridgehead atoms. The summed E-state index contributed by atoms with van der Waals surface area (Å²) >= 11 is 0. The first-order valence-corrected chi connectivity index (χ1v) is 11.9. The molecule has 1 aromatic rings.